The van der Waals surface area contributed by atoms with E-state index in [0.717, 1.165) is 61.4 Å². The van der Waals surface area contributed by atoms with E-state index in [-0.39, 0.29) is 31.9 Å². The molecule has 8 aromatic carbocycles. The molecule has 3 heterocycles. The number of aromatic nitrogens is 2. The summed E-state index contributed by atoms with van der Waals surface area (Å²) >= 11 is 0. The van der Waals surface area contributed by atoms with E-state index in [1.54, 1.807) is 0 Å². The Morgan fingerprint density at radius 2 is 1.13 bits per heavy atom. The van der Waals surface area contributed by atoms with E-state index in [4.69, 9.17) is 9.72 Å². The quantitative estimate of drug-likeness (QED) is 0.108. The van der Waals surface area contributed by atoms with Gasteiger partial charge in [-0.3, -0.25) is 0 Å². The fraction of sp³-hybridized carbons (Fsp3) is 0.222. The van der Waals surface area contributed by atoms with Crippen LogP contribution in [0.2, 0.25) is 0 Å². The second kappa shape index (κ2) is 21.4. The first-order valence-electron chi connectivity index (χ1n) is 27.2. The number of rotatable bonds is 13. The second-order valence-electron chi connectivity index (χ2n) is 23.4. The molecule has 0 saturated carbocycles. The van der Waals surface area contributed by atoms with Gasteiger partial charge in [0.1, 0.15) is 5.82 Å². The van der Waals surface area contributed by atoms with Crippen molar-refractivity contribution in [2.75, 3.05) is 9.80 Å². The van der Waals surface area contributed by atoms with E-state index in [1.165, 1.54) is 38.9 Å². The summed E-state index contributed by atoms with van der Waals surface area (Å²) in [6.07, 6.45) is 4.23. The molecular weight excluding hydrogens is 1130 g/mol. The second-order valence-corrected chi connectivity index (χ2v) is 23.4. The van der Waals surface area contributed by atoms with Crippen molar-refractivity contribution in [2.45, 2.75) is 104 Å². The Morgan fingerprint density at radius 1 is 0.538 bits per heavy atom. The maximum absolute atomic E-state index is 7.30. The monoisotopic (exact) mass is 1200 g/mol. The van der Waals surface area contributed by atoms with Crippen molar-refractivity contribution in [3.05, 3.63) is 264 Å². The Balaban J connectivity index is 0.00000688. The Labute approximate surface area is 477 Å². The van der Waals surface area contributed by atoms with Crippen LogP contribution in [0.5, 0.6) is 11.5 Å². The number of anilines is 2. The van der Waals surface area contributed by atoms with Crippen LogP contribution in [0.1, 0.15) is 133 Å². The molecule has 0 unspecified atom stereocenters. The smallest absolute Gasteiger partial charge is 0.135 e. The molecule has 10 aromatic rings. The van der Waals surface area contributed by atoms with Crippen molar-refractivity contribution in [2.24, 2.45) is 0 Å². The van der Waals surface area contributed by atoms with Gasteiger partial charge in [0.2, 0.25) is 0 Å². The minimum absolute atomic E-state index is 0. The van der Waals surface area contributed by atoms with Gasteiger partial charge in [0.15, 0.2) is 0 Å². The number of pyridine rings is 1. The molecule has 396 valence electrons. The molecule has 0 radical (unpaired) electrons. The van der Waals surface area contributed by atoms with E-state index in [2.05, 4.69) is 304 Å². The average Bonchev–Trinajstić information content (AvgIpc) is 3.92. The molecule has 11 rings (SSSR count). The van der Waals surface area contributed by atoms with Gasteiger partial charge in [0, 0.05) is 66.6 Å². The van der Waals surface area contributed by atoms with Crippen molar-refractivity contribution in [1.29, 1.82) is 0 Å². The van der Waals surface area contributed by atoms with Crippen LogP contribution < -0.4 is 14.5 Å². The molecule has 2 aromatic heterocycles. The SMILES string of the molecule is CC(C)c1cccc(C(C)C)c1C1=CN(c2[c-]c(Oc3[c-]c4c(c(C(C)(C)c5ccccc5)c3)c3ccccc3n4-c3cc(C(C)(C)c4ccccc4)ccn3)cc(-c3ccccc3)c2)[CH-]N1c1cccc(C(C)(C)C)c1.[Pt]. The maximum atomic E-state index is 7.30. The van der Waals surface area contributed by atoms with Gasteiger partial charge in [-0.05, 0) is 104 Å². The first-order valence-corrected chi connectivity index (χ1v) is 27.2. The predicted molar refractivity (Wildman–Crippen MR) is 322 cm³/mol. The van der Waals surface area contributed by atoms with E-state index < -0.39 is 5.41 Å². The van der Waals surface area contributed by atoms with E-state index >= 15 is 0 Å². The molecule has 6 heteroatoms. The van der Waals surface area contributed by atoms with Gasteiger partial charge in [-0.25, -0.2) is 4.98 Å². The molecule has 0 atom stereocenters. The van der Waals surface area contributed by atoms with E-state index in [0.29, 0.717) is 23.3 Å². The van der Waals surface area contributed by atoms with Gasteiger partial charge in [0.05, 0.1) is 0 Å². The zero-order valence-electron chi connectivity index (χ0n) is 46.8. The molecular formula is C72H69N4OPt-3. The topological polar surface area (TPSA) is 33.5 Å². The molecule has 0 N–H and O–H groups in total. The molecule has 78 heavy (non-hydrogen) atoms. The standard InChI is InChI=1S/C72H69N4O.Pt/c1-48(2)60-34-24-35-61(49(3)4)68(60)66-46-74(47-75(66)56-32-23-31-54(41-56)70(5,6)7)57-39-51(50-25-15-12-16-26-50)40-58(43-57)77-59-44-63(72(10,11)53-29-19-14-20-30-53)69-62-33-21-22-36-64(62)76(65(69)45-59)67-42-55(37-38-73-67)71(8,9)52-27-17-13-18-28-52;/h12-42,44,46-49H,1-11H3;/q-3;. The van der Waals surface area contributed by atoms with Crippen LogP contribution in [0.3, 0.4) is 0 Å². The van der Waals surface area contributed by atoms with Crippen LogP contribution in [-0.4, -0.2) is 9.55 Å². The number of ether oxygens (including phenoxy) is 1. The summed E-state index contributed by atoms with van der Waals surface area (Å²) in [5.74, 6) is 2.59. The van der Waals surface area contributed by atoms with Gasteiger partial charge in [0.25, 0.3) is 0 Å². The number of hydrogen-bond donors (Lipinski definition) is 0. The summed E-state index contributed by atoms with van der Waals surface area (Å²) in [7, 11) is 0. The summed E-state index contributed by atoms with van der Waals surface area (Å²) in [6, 6.07) is 75.2. The third-order valence-corrected chi connectivity index (χ3v) is 15.8. The zero-order valence-corrected chi connectivity index (χ0v) is 49.1. The van der Waals surface area contributed by atoms with Crippen molar-refractivity contribution >= 4 is 38.9 Å². The first-order chi connectivity index (χ1) is 37.0. The molecule has 0 bridgehead atoms. The predicted octanol–water partition coefficient (Wildman–Crippen LogP) is 18.9. The fourth-order valence-electron chi connectivity index (χ4n) is 11.3. The Hall–Kier alpha value is -7.46. The van der Waals surface area contributed by atoms with Crippen LogP contribution in [0.25, 0.3) is 44.4 Å². The zero-order chi connectivity index (χ0) is 53.8. The summed E-state index contributed by atoms with van der Waals surface area (Å²) in [4.78, 5) is 9.73. The summed E-state index contributed by atoms with van der Waals surface area (Å²) < 4.78 is 9.58. The Kier molecular flexibility index (Phi) is 14.8. The molecule has 0 fully saturated rings. The largest absolute Gasteiger partial charge is 0.509 e. The van der Waals surface area contributed by atoms with Gasteiger partial charge in [-0.15, -0.1) is 53.8 Å². The Morgan fingerprint density at radius 3 is 1.78 bits per heavy atom. The van der Waals surface area contributed by atoms with Crippen molar-refractivity contribution in [1.82, 2.24) is 9.55 Å². The number of hydrogen-bond acceptors (Lipinski definition) is 4. The molecule has 5 nitrogen and oxygen atoms in total. The third kappa shape index (κ3) is 10.1. The summed E-state index contributed by atoms with van der Waals surface area (Å²) in [5.41, 5.74) is 16.2. The average molecular weight is 1200 g/mol. The van der Waals surface area contributed by atoms with Crippen molar-refractivity contribution < 1.29 is 25.8 Å². The number of para-hydroxylation sites is 1. The minimum atomic E-state index is -0.451. The third-order valence-electron chi connectivity index (χ3n) is 15.8. The number of fused-ring (bicyclic) bond motifs is 3. The molecule has 1 aliphatic rings. The van der Waals surface area contributed by atoms with Crippen LogP contribution in [0.4, 0.5) is 11.4 Å². The summed E-state index contributed by atoms with van der Waals surface area (Å²) in [5, 5.41) is 2.24. The van der Waals surface area contributed by atoms with E-state index in [1.807, 2.05) is 6.20 Å². The molecule has 0 aliphatic carbocycles. The summed E-state index contributed by atoms with van der Waals surface area (Å²) in [6.45, 7) is 27.4. The Bertz CT molecular complexity index is 3780. The van der Waals surface area contributed by atoms with Crippen LogP contribution in [0, 0.1) is 18.8 Å². The number of nitrogens with zero attached hydrogens (tertiary/aromatic N) is 4. The molecule has 0 saturated heterocycles. The van der Waals surface area contributed by atoms with Gasteiger partial charge in [-0.1, -0.05) is 227 Å². The van der Waals surface area contributed by atoms with Crippen LogP contribution in [0.15, 0.2) is 200 Å². The number of benzene rings is 8. The normalized spacial score (nSPS) is 13.2. The van der Waals surface area contributed by atoms with Gasteiger partial charge < -0.3 is 19.1 Å². The van der Waals surface area contributed by atoms with Crippen LogP contribution >= 0.6 is 0 Å². The van der Waals surface area contributed by atoms with Gasteiger partial charge >= 0.3 is 0 Å². The fourth-order valence-corrected chi connectivity index (χ4v) is 11.3. The van der Waals surface area contributed by atoms with Crippen molar-refractivity contribution in [3.63, 3.8) is 0 Å². The van der Waals surface area contributed by atoms with Gasteiger partial charge in [-0.2, -0.15) is 0 Å². The van der Waals surface area contributed by atoms with Crippen molar-refractivity contribution in [3.8, 4) is 28.4 Å². The maximum Gasteiger partial charge on any atom is 0.135 e. The first kappa shape index (κ1) is 53.9. The molecule has 0 spiro atoms. The minimum Gasteiger partial charge on any atom is -0.509 e. The van der Waals surface area contributed by atoms with Crippen LogP contribution in [-0.2, 0) is 37.3 Å². The molecule has 1 aliphatic heterocycles. The van der Waals surface area contributed by atoms with E-state index in [9.17, 15) is 0 Å². The molecule has 0 amide bonds.